The summed E-state index contributed by atoms with van der Waals surface area (Å²) in [7, 11) is 0. The van der Waals surface area contributed by atoms with Gasteiger partial charge in [-0.25, -0.2) is 0 Å². The Balaban J connectivity index is 1.97. The fourth-order valence-electron chi connectivity index (χ4n) is 3.04. The summed E-state index contributed by atoms with van der Waals surface area (Å²) in [6.07, 6.45) is 6.03. The molecule has 0 heterocycles. The van der Waals surface area contributed by atoms with E-state index in [4.69, 9.17) is 0 Å². The number of carbonyl (C=O) groups is 1. The second kappa shape index (κ2) is 4.77. The smallest absolute Gasteiger partial charge is 0.223 e. The molecule has 2 heteroatoms. The Bertz CT molecular complexity index is 257. The van der Waals surface area contributed by atoms with Crippen molar-refractivity contribution >= 4 is 5.91 Å². The molecular weight excluding hydrogens is 198 g/mol. The van der Waals surface area contributed by atoms with E-state index in [-0.39, 0.29) is 5.92 Å². The first kappa shape index (κ1) is 11.9. The van der Waals surface area contributed by atoms with Crippen LogP contribution < -0.4 is 5.32 Å². The Morgan fingerprint density at radius 2 is 1.88 bits per heavy atom. The van der Waals surface area contributed by atoms with E-state index in [0.29, 0.717) is 23.8 Å². The van der Waals surface area contributed by atoms with Crippen molar-refractivity contribution in [1.29, 1.82) is 0 Å². The van der Waals surface area contributed by atoms with Gasteiger partial charge in [0.2, 0.25) is 5.91 Å². The van der Waals surface area contributed by atoms with E-state index < -0.39 is 0 Å². The average Bonchev–Trinajstić information content (AvgIpc) is 3.01. The maximum atomic E-state index is 12.2. The maximum absolute atomic E-state index is 12.2. The number of hydrogen-bond acceptors (Lipinski definition) is 1. The Labute approximate surface area is 99.2 Å². The Kier molecular flexibility index (Phi) is 3.56. The zero-order valence-electron chi connectivity index (χ0n) is 10.8. The summed E-state index contributed by atoms with van der Waals surface area (Å²) in [5.41, 5.74) is 0. The molecule has 16 heavy (non-hydrogen) atoms. The van der Waals surface area contributed by atoms with Crippen molar-refractivity contribution in [2.45, 2.75) is 58.9 Å². The van der Waals surface area contributed by atoms with Gasteiger partial charge in [0.15, 0.2) is 0 Å². The minimum atomic E-state index is 0.282. The first-order valence-corrected chi connectivity index (χ1v) is 6.88. The zero-order valence-corrected chi connectivity index (χ0v) is 10.8. The van der Waals surface area contributed by atoms with Gasteiger partial charge in [0.05, 0.1) is 0 Å². The summed E-state index contributed by atoms with van der Waals surface area (Å²) < 4.78 is 0. The van der Waals surface area contributed by atoms with Crippen LogP contribution >= 0.6 is 0 Å². The third-order valence-corrected chi connectivity index (χ3v) is 4.28. The van der Waals surface area contributed by atoms with E-state index in [1.807, 2.05) is 0 Å². The number of carbonyl (C=O) groups excluding carboxylic acids is 1. The Hall–Kier alpha value is -0.530. The molecule has 0 unspecified atom stereocenters. The maximum Gasteiger partial charge on any atom is 0.223 e. The normalized spacial score (nSPS) is 35.1. The van der Waals surface area contributed by atoms with Gasteiger partial charge in [-0.2, -0.15) is 0 Å². The molecule has 2 rings (SSSR count). The number of hydrogen-bond donors (Lipinski definition) is 1. The van der Waals surface area contributed by atoms with E-state index in [2.05, 4.69) is 26.1 Å². The predicted octanol–water partition coefficient (Wildman–Crippen LogP) is 2.97. The molecule has 2 aliphatic rings. The third kappa shape index (κ3) is 2.78. The van der Waals surface area contributed by atoms with Crippen LogP contribution in [0.5, 0.6) is 0 Å². The van der Waals surface area contributed by atoms with Gasteiger partial charge < -0.3 is 5.32 Å². The molecule has 0 radical (unpaired) electrons. The van der Waals surface area contributed by atoms with Gasteiger partial charge in [-0.3, -0.25) is 4.79 Å². The molecule has 2 aliphatic carbocycles. The summed E-state index contributed by atoms with van der Waals surface area (Å²) in [5.74, 6) is 2.60. The molecule has 0 saturated heterocycles. The van der Waals surface area contributed by atoms with Crippen molar-refractivity contribution in [1.82, 2.24) is 5.32 Å². The molecule has 2 fully saturated rings. The van der Waals surface area contributed by atoms with Gasteiger partial charge in [0, 0.05) is 12.0 Å². The minimum Gasteiger partial charge on any atom is -0.353 e. The molecule has 1 N–H and O–H groups in total. The predicted molar refractivity (Wildman–Crippen MR) is 66.0 cm³/mol. The van der Waals surface area contributed by atoms with Gasteiger partial charge >= 0.3 is 0 Å². The van der Waals surface area contributed by atoms with E-state index in [0.717, 1.165) is 12.3 Å². The summed E-state index contributed by atoms with van der Waals surface area (Å²) in [6, 6.07) is 0.512. The number of rotatable bonds is 3. The van der Waals surface area contributed by atoms with Crippen molar-refractivity contribution in [2.24, 2.45) is 23.7 Å². The number of nitrogens with one attached hydrogen (secondary N) is 1. The van der Waals surface area contributed by atoms with Gasteiger partial charge in [-0.15, -0.1) is 0 Å². The third-order valence-electron chi connectivity index (χ3n) is 4.28. The topological polar surface area (TPSA) is 29.1 Å². The van der Waals surface area contributed by atoms with Crippen LogP contribution in [-0.4, -0.2) is 11.9 Å². The van der Waals surface area contributed by atoms with Crippen LogP contribution in [0, 0.1) is 23.7 Å². The highest BCUT2D eigenvalue weighted by Crippen LogP contribution is 2.38. The summed E-state index contributed by atoms with van der Waals surface area (Å²) in [5, 5.41) is 3.19. The van der Waals surface area contributed by atoms with Crippen molar-refractivity contribution in [3.8, 4) is 0 Å². The van der Waals surface area contributed by atoms with Crippen LogP contribution in [0.15, 0.2) is 0 Å². The zero-order chi connectivity index (χ0) is 11.7. The lowest BCUT2D eigenvalue weighted by Gasteiger charge is -2.36. The monoisotopic (exact) mass is 223 g/mol. The molecule has 1 amide bonds. The largest absolute Gasteiger partial charge is 0.353 e. The molecule has 3 atom stereocenters. The molecule has 0 aromatic carbocycles. The second-order valence-electron chi connectivity index (χ2n) is 6.22. The molecule has 0 spiro atoms. The lowest BCUT2D eigenvalue weighted by atomic mass is 9.70. The lowest BCUT2D eigenvalue weighted by molar-refractivity contribution is -0.129. The van der Waals surface area contributed by atoms with Gasteiger partial charge in [-0.1, -0.05) is 27.2 Å². The standard InChI is InChI=1S/C14H25NO/c1-9(2)12-7-4-10(3)8-13(12)14(16)15-11-5-6-11/h9-13H,4-8H2,1-3H3,(H,15,16)/t10-,12+,13-/m1/s1. The fraction of sp³-hybridized carbons (Fsp3) is 0.929. The molecule has 2 saturated carbocycles. The van der Waals surface area contributed by atoms with Crippen LogP contribution in [-0.2, 0) is 4.79 Å². The van der Waals surface area contributed by atoms with Crippen LogP contribution in [0.2, 0.25) is 0 Å². The molecule has 0 aliphatic heterocycles. The quantitative estimate of drug-likeness (QED) is 0.783. The SMILES string of the molecule is CC(C)[C@@H]1CC[C@@H](C)C[C@H]1C(=O)NC1CC1. The first-order valence-electron chi connectivity index (χ1n) is 6.88. The van der Waals surface area contributed by atoms with E-state index in [1.165, 1.54) is 25.7 Å². The Morgan fingerprint density at radius 1 is 1.19 bits per heavy atom. The highest BCUT2D eigenvalue weighted by Gasteiger charge is 2.37. The molecule has 2 nitrogen and oxygen atoms in total. The van der Waals surface area contributed by atoms with Crippen molar-refractivity contribution in [3.63, 3.8) is 0 Å². The van der Waals surface area contributed by atoms with Crippen molar-refractivity contribution < 1.29 is 4.79 Å². The van der Waals surface area contributed by atoms with E-state index in [1.54, 1.807) is 0 Å². The van der Waals surface area contributed by atoms with Gasteiger partial charge in [-0.05, 0) is 43.4 Å². The van der Waals surface area contributed by atoms with Crippen LogP contribution in [0.4, 0.5) is 0 Å². The average molecular weight is 223 g/mol. The second-order valence-corrected chi connectivity index (χ2v) is 6.22. The minimum absolute atomic E-state index is 0.282. The van der Waals surface area contributed by atoms with Crippen LogP contribution in [0.1, 0.15) is 52.9 Å². The Morgan fingerprint density at radius 3 is 2.44 bits per heavy atom. The van der Waals surface area contributed by atoms with Gasteiger partial charge in [0.25, 0.3) is 0 Å². The molecule has 0 aromatic heterocycles. The summed E-state index contributed by atoms with van der Waals surface area (Å²) in [6.45, 7) is 6.81. The first-order chi connectivity index (χ1) is 7.58. The molecule has 0 bridgehead atoms. The highest BCUT2D eigenvalue weighted by atomic mass is 16.2. The van der Waals surface area contributed by atoms with E-state index >= 15 is 0 Å². The fourth-order valence-corrected chi connectivity index (χ4v) is 3.04. The highest BCUT2D eigenvalue weighted by molar-refractivity contribution is 5.79. The summed E-state index contributed by atoms with van der Waals surface area (Å²) in [4.78, 5) is 12.2. The number of amides is 1. The molecular formula is C14H25NO. The van der Waals surface area contributed by atoms with E-state index in [9.17, 15) is 4.79 Å². The van der Waals surface area contributed by atoms with Gasteiger partial charge in [0.1, 0.15) is 0 Å². The molecule has 0 aromatic rings. The lowest BCUT2D eigenvalue weighted by Crippen LogP contribution is -2.41. The van der Waals surface area contributed by atoms with Crippen LogP contribution in [0.3, 0.4) is 0 Å². The summed E-state index contributed by atoms with van der Waals surface area (Å²) >= 11 is 0. The van der Waals surface area contributed by atoms with Crippen molar-refractivity contribution in [2.75, 3.05) is 0 Å². The van der Waals surface area contributed by atoms with Crippen molar-refractivity contribution in [3.05, 3.63) is 0 Å². The van der Waals surface area contributed by atoms with Crippen LogP contribution in [0.25, 0.3) is 0 Å². The molecule has 92 valence electrons.